The summed E-state index contributed by atoms with van der Waals surface area (Å²) in [5.74, 6) is 2.19. The van der Waals surface area contributed by atoms with Crippen molar-refractivity contribution >= 4 is 5.82 Å². The molecule has 1 aromatic heterocycles. The number of ether oxygens (including phenoxy) is 1. The highest BCUT2D eigenvalue weighted by molar-refractivity contribution is 5.37. The van der Waals surface area contributed by atoms with Gasteiger partial charge in [-0.2, -0.15) is 0 Å². The third kappa shape index (κ3) is 3.19. The van der Waals surface area contributed by atoms with Gasteiger partial charge in [-0.25, -0.2) is 9.97 Å². The first-order valence-electron chi connectivity index (χ1n) is 6.95. The molecule has 1 saturated heterocycles. The Kier molecular flexibility index (Phi) is 4.53. The van der Waals surface area contributed by atoms with Crippen molar-refractivity contribution in [1.82, 2.24) is 9.97 Å². The van der Waals surface area contributed by atoms with Crippen LogP contribution in [0, 0.1) is 0 Å². The van der Waals surface area contributed by atoms with E-state index in [1.54, 1.807) is 0 Å². The van der Waals surface area contributed by atoms with Crippen molar-refractivity contribution < 1.29 is 4.74 Å². The molecule has 0 bridgehead atoms. The van der Waals surface area contributed by atoms with E-state index in [-0.39, 0.29) is 6.10 Å². The maximum atomic E-state index is 5.68. The third-order valence-corrected chi connectivity index (χ3v) is 3.13. The van der Waals surface area contributed by atoms with Crippen molar-refractivity contribution in [1.29, 1.82) is 0 Å². The maximum absolute atomic E-state index is 5.68. The van der Waals surface area contributed by atoms with Crippen molar-refractivity contribution in [3.8, 4) is 0 Å². The van der Waals surface area contributed by atoms with Crippen LogP contribution in [0.4, 0.5) is 5.82 Å². The minimum Gasteiger partial charge on any atom is -0.370 e. The molecule has 1 N–H and O–H groups in total. The van der Waals surface area contributed by atoms with Crippen LogP contribution in [0.3, 0.4) is 0 Å². The van der Waals surface area contributed by atoms with E-state index in [0.29, 0.717) is 5.92 Å². The topological polar surface area (TPSA) is 47.0 Å². The average Bonchev–Trinajstić information content (AvgIpc) is 2.89. The molecule has 1 unspecified atom stereocenters. The highest BCUT2D eigenvalue weighted by Gasteiger charge is 2.22. The Morgan fingerprint density at radius 1 is 1.44 bits per heavy atom. The van der Waals surface area contributed by atoms with Gasteiger partial charge in [0.15, 0.2) is 5.82 Å². The number of aromatic nitrogens is 2. The summed E-state index contributed by atoms with van der Waals surface area (Å²) < 4.78 is 5.68. The Labute approximate surface area is 109 Å². The van der Waals surface area contributed by atoms with Crippen LogP contribution in [0.15, 0.2) is 6.07 Å². The normalized spacial score (nSPS) is 19.4. The van der Waals surface area contributed by atoms with E-state index in [1.807, 2.05) is 0 Å². The summed E-state index contributed by atoms with van der Waals surface area (Å²) in [6.45, 7) is 8.24. The van der Waals surface area contributed by atoms with Gasteiger partial charge < -0.3 is 10.1 Å². The SMILES string of the molecule is CCCNc1cc(C(C)C)nc(C2CCCO2)n1. The molecule has 0 aromatic carbocycles. The van der Waals surface area contributed by atoms with Gasteiger partial charge in [-0.1, -0.05) is 20.8 Å². The van der Waals surface area contributed by atoms with Crippen LogP contribution in [-0.2, 0) is 4.74 Å². The third-order valence-electron chi connectivity index (χ3n) is 3.13. The van der Waals surface area contributed by atoms with Gasteiger partial charge >= 0.3 is 0 Å². The fraction of sp³-hybridized carbons (Fsp3) is 0.714. The zero-order valence-electron chi connectivity index (χ0n) is 11.6. The first-order chi connectivity index (χ1) is 8.70. The van der Waals surface area contributed by atoms with Gasteiger partial charge in [-0.05, 0) is 25.2 Å². The smallest absolute Gasteiger partial charge is 0.159 e. The van der Waals surface area contributed by atoms with Crippen LogP contribution in [0.25, 0.3) is 0 Å². The standard InChI is InChI=1S/C14H23N3O/c1-4-7-15-13-9-11(10(2)3)16-14(17-13)12-6-5-8-18-12/h9-10,12H,4-8H2,1-3H3,(H,15,16,17). The zero-order valence-corrected chi connectivity index (χ0v) is 11.6. The van der Waals surface area contributed by atoms with Crippen LogP contribution >= 0.6 is 0 Å². The van der Waals surface area contributed by atoms with E-state index in [0.717, 1.165) is 49.8 Å². The van der Waals surface area contributed by atoms with Gasteiger partial charge in [0, 0.05) is 24.9 Å². The van der Waals surface area contributed by atoms with Crippen LogP contribution in [0.1, 0.15) is 63.6 Å². The van der Waals surface area contributed by atoms with Crippen LogP contribution in [0.2, 0.25) is 0 Å². The number of nitrogens with one attached hydrogen (secondary N) is 1. The molecule has 0 aliphatic carbocycles. The van der Waals surface area contributed by atoms with Crippen molar-refractivity contribution in [2.45, 2.75) is 52.1 Å². The van der Waals surface area contributed by atoms with Crippen LogP contribution in [-0.4, -0.2) is 23.1 Å². The highest BCUT2D eigenvalue weighted by Crippen LogP contribution is 2.28. The van der Waals surface area contributed by atoms with Crippen molar-refractivity contribution in [2.75, 3.05) is 18.5 Å². The lowest BCUT2D eigenvalue weighted by molar-refractivity contribution is 0.105. The molecule has 0 radical (unpaired) electrons. The highest BCUT2D eigenvalue weighted by atomic mass is 16.5. The fourth-order valence-electron chi connectivity index (χ4n) is 2.05. The first kappa shape index (κ1) is 13.3. The second-order valence-corrected chi connectivity index (χ2v) is 5.12. The second-order valence-electron chi connectivity index (χ2n) is 5.12. The Morgan fingerprint density at radius 3 is 2.89 bits per heavy atom. The summed E-state index contributed by atoms with van der Waals surface area (Å²) in [6.07, 6.45) is 3.33. The Morgan fingerprint density at radius 2 is 2.28 bits per heavy atom. The largest absolute Gasteiger partial charge is 0.370 e. The summed E-state index contributed by atoms with van der Waals surface area (Å²) in [5, 5.41) is 3.35. The van der Waals surface area contributed by atoms with Crippen LogP contribution in [0.5, 0.6) is 0 Å². The first-order valence-corrected chi connectivity index (χ1v) is 6.95. The molecule has 0 spiro atoms. The summed E-state index contributed by atoms with van der Waals surface area (Å²) in [7, 11) is 0. The number of rotatable bonds is 5. The maximum Gasteiger partial charge on any atom is 0.159 e. The van der Waals surface area contributed by atoms with E-state index in [1.165, 1.54) is 0 Å². The molecule has 4 nitrogen and oxygen atoms in total. The fourth-order valence-corrected chi connectivity index (χ4v) is 2.05. The van der Waals surface area contributed by atoms with Crippen molar-refractivity contribution in [3.05, 3.63) is 17.6 Å². The van der Waals surface area contributed by atoms with Gasteiger partial charge in [-0.3, -0.25) is 0 Å². The Hall–Kier alpha value is -1.16. The lowest BCUT2D eigenvalue weighted by Gasteiger charge is -2.14. The monoisotopic (exact) mass is 249 g/mol. The van der Waals surface area contributed by atoms with Gasteiger partial charge in [-0.15, -0.1) is 0 Å². The molecule has 4 heteroatoms. The molecule has 0 amide bonds. The molecule has 2 heterocycles. The predicted molar refractivity (Wildman–Crippen MR) is 72.8 cm³/mol. The number of anilines is 1. The number of hydrogen-bond donors (Lipinski definition) is 1. The number of hydrogen-bond acceptors (Lipinski definition) is 4. The van der Waals surface area contributed by atoms with Gasteiger partial charge in [0.1, 0.15) is 11.9 Å². The zero-order chi connectivity index (χ0) is 13.0. The van der Waals surface area contributed by atoms with E-state index in [9.17, 15) is 0 Å². The molecule has 2 rings (SSSR count). The van der Waals surface area contributed by atoms with Gasteiger partial charge in [0.05, 0.1) is 0 Å². The van der Waals surface area contributed by atoms with Crippen molar-refractivity contribution in [2.24, 2.45) is 0 Å². The summed E-state index contributed by atoms with van der Waals surface area (Å²) in [5.41, 5.74) is 1.09. The molecule has 1 aliphatic rings. The Bertz CT molecular complexity index is 387. The summed E-state index contributed by atoms with van der Waals surface area (Å²) in [6, 6.07) is 2.05. The summed E-state index contributed by atoms with van der Waals surface area (Å²) in [4.78, 5) is 9.23. The lowest BCUT2D eigenvalue weighted by Crippen LogP contribution is -2.10. The Balaban J connectivity index is 2.23. The molecule has 1 atom stereocenters. The minimum atomic E-state index is 0.0888. The molecule has 100 valence electrons. The molecule has 0 saturated carbocycles. The quantitative estimate of drug-likeness (QED) is 0.870. The van der Waals surface area contributed by atoms with E-state index < -0.39 is 0 Å². The van der Waals surface area contributed by atoms with Crippen LogP contribution < -0.4 is 5.32 Å². The molecular weight excluding hydrogens is 226 g/mol. The van der Waals surface area contributed by atoms with E-state index in [2.05, 4.69) is 42.1 Å². The average molecular weight is 249 g/mol. The van der Waals surface area contributed by atoms with Crippen molar-refractivity contribution in [3.63, 3.8) is 0 Å². The summed E-state index contributed by atoms with van der Waals surface area (Å²) >= 11 is 0. The minimum absolute atomic E-state index is 0.0888. The molecular formula is C14H23N3O. The lowest BCUT2D eigenvalue weighted by atomic mass is 10.1. The second kappa shape index (κ2) is 6.14. The van der Waals surface area contributed by atoms with Gasteiger partial charge in [0.25, 0.3) is 0 Å². The predicted octanol–water partition coefficient (Wildman–Crippen LogP) is 3.27. The molecule has 1 aliphatic heterocycles. The van der Waals surface area contributed by atoms with E-state index in [4.69, 9.17) is 4.74 Å². The van der Waals surface area contributed by atoms with Gasteiger partial charge in [0.2, 0.25) is 0 Å². The van der Waals surface area contributed by atoms with E-state index >= 15 is 0 Å². The molecule has 18 heavy (non-hydrogen) atoms. The number of nitrogens with zero attached hydrogens (tertiary/aromatic N) is 2. The molecule has 1 aromatic rings. The molecule has 1 fully saturated rings.